The summed E-state index contributed by atoms with van der Waals surface area (Å²) in [6.45, 7) is 6.91. The van der Waals surface area contributed by atoms with Crippen molar-refractivity contribution < 1.29 is 0 Å². The Bertz CT molecular complexity index is 934. The summed E-state index contributed by atoms with van der Waals surface area (Å²) in [6, 6.07) is 12.7. The second-order valence-electron chi connectivity index (χ2n) is 6.84. The van der Waals surface area contributed by atoms with E-state index in [9.17, 15) is 0 Å². The van der Waals surface area contributed by atoms with Crippen molar-refractivity contribution in [1.29, 1.82) is 0 Å². The fraction of sp³-hybridized carbons (Fsp3) is 0.350. The van der Waals surface area contributed by atoms with Crippen molar-refractivity contribution >= 4 is 17.6 Å². The molecule has 1 atom stereocenters. The molecule has 0 saturated carbocycles. The fourth-order valence-corrected chi connectivity index (χ4v) is 3.66. The number of hydrogen-bond acceptors (Lipinski definition) is 6. The van der Waals surface area contributed by atoms with Crippen molar-refractivity contribution in [3.63, 3.8) is 0 Å². The minimum absolute atomic E-state index is 0.240. The van der Waals surface area contributed by atoms with Crippen molar-refractivity contribution in [3.8, 4) is 0 Å². The molecule has 1 aliphatic rings. The number of aromatic nitrogens is 4. The highest BCUT2D eigenvalue weighted by atomic mass is 15.3. The number of hydrogen-bond donors (Lipinski definition) is 2. The van der Waals surface area contributed by atoms with Gasteiger partial charge in [0.15, 0.2) is 0 Å². The maximum atomic E-state index is 5.96. The van der Waals surface area contributed by atoms with Crippen molar-refractivity contribution in [3.05, 3.63) is 59.7 Å². The number of aryl methyl sites for hydroxylation is 1. The van der Waals surface area contributed by atoms with Crippen LogP contribution in [-0.4, -0.2) is 31.0 Å². The van der Waals surface area contributed by atoms with Gasteiger partial charge in [0.05, 0.1) is 6.54 Å². The molecule has 0 bridgehead atoms. The summed E-state index contributed by atoms with van der Waals surface area (Å²) < 4.78 is 2.30. The molecule has 1 aliphatic heterocycles. The standard InChI is InChI=1S/C20H25N7/c1-3-15-7-4-5-8-16(15)22-20-24-18(23-19(21)25-20)13-27-12-11-26-10-6-9-17(26)14(27)2/h4-10,14H,3,11-13H2,1-2H3,(H3,21,22,23,24,25). The fourth-order valence-electron chi connectivity index (χ4n) is 3.66. The molecule has 0 amide bonds. The SMILES string of the molecule is CCc1ccccc1Nc1nc(N)nc(CN2CCn3cccc3C2C)n1. The predicted molar refractivity (Wildman–Crippen MR) is 107 cm³/mol. The van der Waals surface area contributed by atoms with Crippen molar-refractivity contribution in [1.82, 2.24) is 24.4 Å². The van der Waals surface area contributed by atoms with E-state index in [4.69, 9.17) is 5.73 Å². The molecular formula is C20H25N7. The van der Waals surface area contributed by atoms with Crippen LogP contribution in [0.4, 0.5) is 17.6 Å². The molecule has 0 spiro atoms. The van der Waals surface area contributed by atoms with Gasteiger partial charge in [-0.15, -0.1) is 0 Å². The molecule has 3 heterocycles. The second kappa shape index (κ2) is 7.36. The van der Waals surface area contributed by atoms with Gasteiger partial charge < -0.3 is 15.6 Å². The quantitative estimate of drug-likeness (QED) is 0.724. The van der Waals surface area contributed by atoms with Crippen molar-refractivity contribution in [2.45, 2.75) is 39.4 Å². The molecule has 0 aliphatic carbocycles. The van der Waals surface area contributed by atoms with Gasteiger partial charge in [0.25, 0.3) is 0 Å². The van der Waals surface area contributed by atoms with Gasteiger partial charge >= 0.3 is 0 Å². The third-order valence-electron chi connectivity index (χ3n) is 5.16. The van der Waals surface area contributed by atoms with E-state index in [1.165, 1.54) is 11.3 Å². The molecule has 3 aromatic rings. The Hall–Kier alpha value is -2.93. The van der Waals surface area contributed by atoms with E-state index in [1.807, 2.05) is 18.2 Å². The average Bonchev–Trinajstić information content (AvgIpc) is 3.14. The van der Waals surface area contributed by atoms with E-state index >= 15 is 0 Å². The zero-order valence-corrected chi connectivity index (χ0v) is 15.8. The Morgan fingerprint density at radius 3 is 2.81 bits per heavy atom. The van der Waals surface area contributed by atoms with Crippen LogP contribution in [0, 0.1) is 0 Å². The van der Waals surface area contributed by atoms with Gasteiger partial charge in [-0.05, 0) is 37.1 Å². The molecule has 0 radical (unpaired) electrons. The van der Waals surface area contributed by atoms with Crippen molar-refractivity contribution in [2.24, 2.45) is 0 Å². The highest BCUT2D eigenvalue weighted by Crippen LogP contribution is 2.26. The van der Waals surface area contributed by atoms with E-state index < -0.39 is 0 Å². The Kier molecular flexibility index (Phi) is 4.77. The van der Waals surface area contributed by atoms with Crippen LogP contribution in [0.1, 0.15) is 37.0 Å². The van der Waals surface area contributed by atoms with E-state index in [0.29, 0.717) is 24.4 Å². The number of nitrogens with zero attached hydrogens (tertiary/aromatic N) is 5. The third-order valence-corrected chi connectivity index (χ3v) is 5.16. The van der Waals surface area contributed by atoms with Gasteiger partial charge in [-0.25, -0.2) is 0 Å². The Labute approximate surface area is 159 Å². The molecule has 4 rings (SSSR count). The summed E-state index contributed by atoms with van der Waals surface area (Å²) in [7, 11) is 0. The lowest BCUT2D eigenvalue weighted by Crippen LogP contribution is -2.36. The number of benzene rings is 1. The maximum Gasteiger partial charge on any atom is 0.232 e. The molecule has 7 heteroatoms. The minimum atomic E-state index is 0.240. The van der Waals surface area contributed by atoms with Crippen LogP contribution in [0.5, 0.6) is 0 Å². The summed E-state index contributed by atoms with van der Waals surface area (Å²) in [6.07, 6.45) is 3.07. The molecule has 0 saturated heterocycles. The van der Waals surface area contributed by atoms with Crippen LogP contribution in [0.25, 0.3) is 0 Å². The molecule has 27 heavy (non-hydrogen) atoms. The van der Waals surface area contributed by atoms with Crippen LogP contribution >= 0.6 is 0 Å². The van der Waals surface area contributed by atoms with E-state index in [2.05, 4.69) is 68.0 Å². The molecule has 2 aromatic heterocycles. The topological polar surface area (TPSA) is 84.9 Å². The van der Waals surface area contributed by atoms with E-state index in [0.717, 1.165) is 25.2 Å². The molecule has 1 aromatic carbocycles. The van der Waals surface area contributed by atoms with Crippen LogP contribution < -0.4 is 11.1 Å². The largest absolute Gasteiger partial charge is 0.368 e. The minimum Gasteiger partial charge on any atom is -0.368 e. The normalized spacial score (nSPS) is 16.9. The summed E-state index contributed by atoms with van der Waals surface area (Å²) in [5.74, 6) is 1.42. The molecule has 1 unspecified atom stereocenters. The lowest BCUT2D eigenvalue weighted by molar-refractivity contribution is 0.157. The first-order valence-corrected chi connectivity index (χ1v) is 9.38. The highest BCUT2D eigenvalue weighted by molar-refractivity contribution is 5.58. The van der Waals surface area contributed by atoms with E-state index in [1.54, 1.807) is 0 Å². The molecule has 0 fully saturated rings. The summed E-state index contributed by atoms with van der Waals surface area (Å²) in [5.41, 5.74) is 9.49. The average molecular weight is 363 g/mol. The maximum absolute atomic E-state index is 5.96. The number of anilines is 3. The van der Waals surface area contributed by atoms with Gasteiger partial charge in [-0.3, -0.25) is 4.90 Å². The third kappa shape index (κ3) is 3.64. The first-order valence-electron chi connectivity index (χ1n) is 9.38. The highest BCUT2D eigenvalue weighted by Gasteiger charge is 2.24. The Morgan fingerprint density at radius 1 is 1.11 bits per heavy atom. The zero-order chi connectivity index (χ0) is 18.8. The number of nitrogen functional groups attached to an aromatic ring is 1. The smallest absolute Gasteiger partial charge is 0.232 e. The zero-order valence-electron chi connectivity index (χ0n) is 15.8. The summed E-state index contributed by atoms with van der Waals surface area (Å²) >= 11 is 0. The van der Waals surface area contributed by atoms with Gasteiger partial charge in [-0.2, -0.15) is 15.0 Å². The van der Waals surface area contributed by atoms with Gasteiger partial charge in [-0.1, -0.05) is 25.1 Å². The predicted octanol–water partition coefficient (Wildman–Crippen LogP) is 3.14. The van der Waals surface area contributed by atoms with Crippen LogP contribution in [0.15, 0.2) is 42.6 Å². The molecular weight excluding hydrogens is 338 g/mol. The Balaban J connectivity index is 1.54. The molecule has 3 N–H and O–H groups in total. The number of nitrogens with two attached hydrogens (primary N) is 1. The number of nitrogens with one attached hydrogen (secondary N) is 1. The van der Waals surface area contributed by atoms with Gasteiger partial charge in [0.2, 0.25) is 11.9 Å². The van der Waals surface area contributed by atoms with Crippen molar-refractivity contribution in [2.75, 3.05) is 17.6 Å². The first kappa shape index (κ1) is 17.5. The summed E-state index contributed by atoms with van der Waals surface area (Å²) in [5, 5.41) is 3.30. The lowest BCUT2D eigenvalue weighted by atomic mass is 10.1. The first-order chi connectivity index (χ1) is 13.1. The van der Waals surface area contributed by atoms with Crippen LogP contribution in [0.2, 0.25) is 0 Å². The number of fused-ring (bicyclic) bond motifs is 1. The monoisotopic (exact) mass is 363 g/mol. The van der Waals surface area contributed by atoms with E-state index in [-0.39, 0.29) is 5.95 Å². The lowest BCUT2D eigenvalue weighted by Gasteiger charge is -2.34. The molecule has 140 valence electrons. The second-order valence-corrected chi connectivity index (χ2v) is 6.84. The molecule has 7 nitrogen and oxygen atoms in total. The number of para-hydroxylation sites is 1. The van der Waals surface area contributed by atoms with Crippen LogP contribution in [0.3, 0.4) is 0 Å². The Morgan fingerprint density at radius 2 is 1.96 bits per heavy atom. The van der Waals surface area contributed by atoms with Gasteiger partial charge in [0, 0.05) is 36.7 Å². The van der Waals surface area contributed by atoms with Gasteiger partial charge in [0.1, 0.15) is 5.82 Å². The number of rotatable bonds is 5. The van der Waals surface area contributed by atoms with Crippen LogP contribution in [-0.2, 0) is 19.5 Å². The summed E-state index contributed by atoms with van der Waals surface area (Å²) in [4.78, 5) is 15.6.